The molecule has 23 heavy (non-hydrogen) atoms. The van der Waals surface area contributed by atoms with Crippen LogP contribution in [0.1, 0.15) is 49.4 Å². The van der Waals surface area contributed by atoms with E-state index in [-0.39, 0.29) is 12.6 Å². The third-order valence-corrected chi connectivity index (χ3v) is 6.03. The molecule has 1 aromatic rings. The standard InChI is InChI=1S/C14H23N5O3S/c15-13(20)10-18-9-11-5-4-6-12(14(11)16-18)17-23(21,22)19-7-2-1-3-8-19/h9,12,17H,1-8,10H2,(H2,15,20). The molecule has 1 amide bonds. The van der Waals surface area contributed by atoms with Crippen molar-refractivity contribution in [1.82, 2.24) is 18.8 Å². The largest absolute Gasteiger partial charge is 0.368 e. The number of piperidine rings is 1. The van der Waals surface area contributed by atoms with Crippen LogP contribution in [0.25, 0.3) is 0 Å². The van der Waals surface area contributed by atoms with E-state index < -0.39 is 16.1 Å². The van der Waals surface area contributed by atoms with Gasteiger partial charge in [-0.2, -0.15) is 22.5 Å². The molecule has 3 rings (SSSR count). The fourth-order valence-electron chi connectivity index (χ4n) is 3.31. The molecule has 2 aliphatic rings. The van der Waals surface area contributed by atoms with Crippen LogP contribution in [0.15, 0.2) is 6.20 Å². The monoisotopic (exact) mass is 341 g/mol. The van der Waals surface area contributed by atoms with E-state index in [1.807, 2.05) is 0 Å². The summed E-state index contributed by atoms with van der Waals surface area (Å²) in [6.45, 7) is 1.16. The minimum absolute atomic E-state index is 0.0125. The topological polar surface area (TPSA) is 110 Å². The molecule has 1 aromatic heterocycles. The fraction of sp³-hybridized carbons (Fsp3) is 0.714. The maximum absolute atomic E-state index is 12.6. The van der Waals surface area contributed by atoms with Crippen LogP contribution in [0.5, 0.6) is 0 Å². The Kier molecular flexibility index (Phi) is 4.69. The molecule has 0 spiro atoms. The zero-order valence-corrected chi connectivity index (χ0v) is 13.9. The predicted molar refractivity (Wildman–Crippen MR) is 84.6 cm³/mol. The van der Waals surface area contributed by atoms with Gasteiger partial charge in [0.15, 0.2) is 0 Å². The summed E-state index contributed by atoms with van der Waals surface area (Å²) in [4.78, 5) is 11.0. The first kappa shape index (κ1) is 16.4. The number of carbonyl (C=O) groups is 1. The molecule has 2 heterocycles. The second kappa shape index (κ2) is 6.58. The zero-order valence-electron chi connectivity index (χ0n) is 13.1. The summed E-state index contributed by atoms with van der Waals surface area (Å²) in [6.07, 6.45) is 7.14. The fourth-order valence-corrected chi connectivity index (χ4v) is 4.79. The Labute approximate surface area is 136 Å². The molecule has 0 radical (unpaired) electrons. The molecule has 128 valence electrons. The summed E-state index contributed by atoms with van der Waals surface area (Å²) in [5.74, 6) is -0.463. The lowest BCUT2D eigenvalue weighted by Gasteiger charge is -2.29. The summed E-state index contributed by atoms with van der Waals surface area (Å²) in [6, 6.07) is -0.334. The third kappa shape index (κ3) is 3.73. The molecule has 1 aliphatic carbocycles. The van der Waals surface area contributed by atoms with E-state index in [0.717, 1.165) is 43.4 Å². The van der Waals surface area contributed by atoms with E-state index in [9.17, 15) is 13.2 Å². The minimum Gasteiger partial charge on any atom is -0.368 e. The van der Waals surface area contributed by atoms with Crippen molar-refractivity contribution in [1.29, 1.82) is 0 Å². The van der Waals surface area contributed by atoms with Crippen LogP contribution < -0.4 is 10.5 Å². The number of hydrogen-bond acceptors (Lipinski definition) is 4. The van der Waals surface area contributed by atoms with Crippen molar-refractivity contribution in [2.45, 2.75) is 51.1 Å². The summed E-state index contributed by atoms with van der Waals surface area (Å²) in [5, 5.41) is 4.37. The van der Waals surface area contributed by atoms with Gasteiger partial charge in [0, 0.05) is 19.3 Å². The Morgan fingerprint density at radius 2 is 2.04 bits per heavy atom. The number of nitrogens with two attached hydrogens (primary N) is 1. The van der Waals surface area contributed by atoms with Gasteiger partial charge in [0.1, 0.15) is 6.54 Å². The van der Waals surface area contributed by atoms with Gasteiger partial charge in [-0.3, -0.25) is 9.48 Å². The van der Waals surface area contributed by atoms with Gasteiger partial charge in [-0.25, -0.2) is 0 Å². The maximum atomic E-state index is 12.6. The van der Waals surface area contributed by atoms with Crippen molar-refractivity contribution in [3.05, 3.63) is 17.5 Å². The lowest BCUT2D eigenvalue weighted by molar-refractivity contribution is -0.118. The molecule has 0 saturated carbocycles. The number of carbonyl (C=O) groups excluding carboxylic acids is 1. The summed E-state index contributed by atoms with van der Waals surface area (Å²) >= 11 is 0. The summed E-state index contributed by atoms with van der Waals surface area (Å²) < 4.78 is 30.9. The zero-order chi connectivity index (χ0) is 16.4. The summed E-state index contributed by atoms with van der Waals surface area (Å²) in [5.41, 5.74) is 6.91. The Morgan fingerprint density at radius 3 is 2.74 bits per heavy atom. The quantitative estimate of drug-likeness (QED) is 0.789. The van der Waals surface area contributed by atoms with E-state index in [2.05, 4.69) is 9.82 Å². The smallest absolute Gasteiger partial charge is 0.280 e. The third-order valence-electron chi connectivity index (χ3n) is 4.40. The van der Waals surface area contributed by atoms with Crippen LogP contribution in [0.3, 0.4) is 0 Å². The number of aryl methyl sites for hydroxylation is 1. The molecule has 1 fully saturated rings. The van der Waals surface area contributed by atoms with Crippen molar-refractivity contribution in [3.63, 3.8) is 0 Å². The molecule has 9 heteroatoms. The number of aromatic nitrogens is 2. The molecule has 1 unspecified atom stereocenters. The van der Waals surface area contributed by atoms with Gasteiger partial charge in [0.25, 0.3) is 10.2 Å². The second-order valence-electron chi connectivity index (χ2n) is 6.23. The average molecular weight is 341 g/mol. The highest BCUT2D eigenvalue weighted by molar-refractivity contribution is 7.87. The van der Waals surface area contributed by atoms with Gasteiger partial charge in [0.2, 0.25) is 5.91 Å². The first-order valence-corrected chi connectivity index (χ1v) is 9.51. The van der Waals surface area contributed by atoms with Crippen LogP contribution in [0, 0.1) is 0 Å². The lowest BCUT2D eigenvalue weighted by Crippen LogP contribution is -2.45. The van der Waals surface area contributed by atoms with E-state index in [4.69, 9.17) is 5.73 Å². The van der Waals surface area contributed by atoms with Crippen molar-refractivity contribution in [2.24, 2.45) is 5.73 Å². The summed E-state index contributed by atoms with van der Waals surface area (Å²) in [7, 11) is -3.50. The number of primary amides is 1. The van der Waals surface area contributed by atoms with Crippen molar-refractivity contribution in [3.8, 4) is 0 Å². The van der Waals surface area contributed by atoms with Gasteiger partial charge >= 0.3 is 0 Å². The Balaban J connectivity index is 1.77. The van der Waals surface area contributed by atoms with E-state index in [1.54, 1.807) is 6.20 Å². The molecule has 1 atom stereocenters. The van der Waals surface area contributed by atoms with Crippen LogP contribution >= 0.6 is 0 Å². The van der Waals surface area contributed by atoms with Crippen molar-refractivity contribution in [2.75, 3.05) is 13.1 Å². The van der Waals surface area contributed by atoms with Gasteiger partial charge in [-0.05, 0) is 37.7 Å². The number of rotatable bonds is 5. The molecular formula is C14H23N5O3S. The number of fused-ring (bicyclic) bond motifs is 1. The highest BCUT2D eigenvalue weighted by Gasteiger charge is 2.31. The van der Waals surface area contributed by atoms with E-state index in [1.165, 1.54) is 8.99 Å². The molecule has 0 aromatic carbocycles. The van der Waals surface area contributed by atoms with Crippen LogP contribution in [0.2, 0.25) is 0 Å². The van der Waals surface area contributed by atoms with E-state index >= 15 is 0 Å². The maximum Gasteiger partial charge on any atom is 0.280 e. The van der Waals surface area contributed by atoms with Gasteiger partial charge in [-0.15, -0.1) is 0 Å². The van der Waals surface area contributed by atoms with Crippen LogP contribution in [-0.4, -0.2) is 41.5 Å². The minimum atomic E-state index is -3.50. The van der Waals surface area contributed by atoms with Crippen molar-refractivity contribution < 1.29 is 13.2 Å². The molecule has 1 saturated heterocycles. The van der Waals surface area contributed by atoms with Crippen LogP contribution in [0.4, 0.5) is 0 Å². The average Bonchev–Trinajstić information content (AvgIpc) is 2.90. The predicted octanol–water partition coefficient (Wildman–Crippen LogP) is 0.0661. The SMILES string of the molecule is NC(=O)Cn1cc2c(n1)C(NS(=O)(=O)N1CCCCC1)CCC2. The Hall–Kier alpha value is -1.45. The highest BCUT2D eigenvalue weighted by atomic mass is 32.2. The number of amides is 1. The molecular weight excluding hydrogens is 318 g/mol. The van der Waals surface area contributed by atoms with Gasteiger partial charge < -0.3 is 5.73 Å². The Bertz CT molecular complexity index is 679. The lowest BCUT2D eigenvalue weighted by atomic mass is 9.94. The normalized spacial score (nSPS) is 22.7. The number of nitrogens with one attached hydrogen (secondary N) is 1. The molecule has 3 N–H and O–H groups in total. The van der Waals surface area contributed by atoms with Crippen molar-refractivity contribution >= 4 is 16.1 Å². The molecule has 1 aliphatic heterocycles. The number of nitrogens with zero attached hydrogens (tertiary/aromatic N) is 3. The van der Waals surface area contributed by atoms with Gasteiger partial charge in [0.05, 0.1) is 11.7 Å². The highest BCUT2D eigenvalue weighted by Crippen LogP contribution is 2.29. The van der Waals surface area contributed by atoms with E-state index in [0.29, 0.717) is 19.5 Å². The first-order chi connectivity index (χ1) is 11.0. The van der Waals surface area contributed by atoms with Gasteiger partial charge in [-0.1, -0.05) is 6.42 Å². The molecule has 0 bridgehead atoms. The first-order valence-electron chi connectivity index (χ1n) is 8.07. The van der Waals surface area contributed by atoms with Crippen LogP contribution in [-0.2, 0) is 28.0 Å². The second-order valence-corrected chi connectivity index (χ2v) is 7.93. The molecule has 8 nitrogen and oxygen atoms in total. The number of hydrogen-bond donors (Lipinski definition) is 2. The Morgan fingerprint density at radius 1 is 1.30 bits per heavy atom.